The van der Waals surface area contributed by atoms with Crippen LogP contribution in [0.1, 0.15) is 29.8 Å². The number of H-pyrrole nitrogens is 1. The molecule has 9 heteroatoms. The summed E-state index contributed by atoms with van der Waals surface area (Å²) >= 11 is 0. The second-order valence-electron chi connectivity index (χ2n) is 8.91. The molecule has 0 spiro atoms. The molecule has 8 nitrogen and oxygen atoms in total. The largest absolute Gasteiger partial charge is 0.496 e. The minimum atomic E-state index is -4.02. The standard InChI is InChI=1S/C29H28N2O6S/c1-18(2)29(33)31-38(34,35)22-12-9-19(10-13-22)26(32)14-11-21-15-23(28(37-4)17-27(21)36-3)25-16-20-7-5-6-8-24(20)30-25/h5-18,30H,1-4H3,(H,31,33). The first-order valence-corrected chi connectivity index (χ1v) is 13.3. The van der Waals surface area contributed by atoms with E-state index in [2.05, 4.69) is 4.98 Å². The highest BCUT2D eigenvalue weighted by Crippen LogP contribution is 2.37. The third kappa shape index (κ3) is 5.63. The summed E-state index contributed by atoms with van der Waals surface area (Å²) in [7, 11) is -0.902. The molecular formula is C29H28N2O6S. The van der Waals surface area contributed by atoms with Crippen LogP contribution < -0.4 is 14.2 Å². The lowest BCUT2D eigenvalue weighted by Crippen LogP contribution is -2.33. The Balaban J connectivity index is 1.61. The summed E-state index contributed by atoms with van der Waals surface area (Å²) < 4.78 is 38.0. The molecule has 1 aromatic heterocycles. The van der Waals surface area contributed by atoms with Gasteiger partial charge < -0.3 is 14.5 Å². The van der Waals surface area contributed by atoms with Gasteiger partial charge in [0, 0.05) is 39.6 Å². The Bertz CT molecular complexity index is 1600. The Morgan fingerprint density at radius 3 is 2.24 bits per heavy atom. The molecule has 196 valence electrons. The van der Waals surface area contributed by atoms with E-state index in [0.29, 0.717) is 22.6 Å². The highest BCUT2D eigenvalue weighted by atomic mass is 32.2. The lowest BCUT2D eigenvalue weighted by Gasteiger charge is -2.12. The smallest absolute Gasteiger partial charge is 0.264 e. The number of para-hydroxylation sites is 1. The molecule has 2 N–H and O–H groups in total. The molecule has 0 unspecified atom stereocenters. The molecule has 0 aliphatic carbocycles. The van der Waals surface area contributed by atoms with Crippen molar-refractivity contribution in [1.82, 2.24) is 9.71 Å². The number of ketones is 1. The number of benzene rings is 3. The number of aromatic amines is 1. The number of hydrogen-bond donors (Lipinski definition) is 2. The number of sulfonamides is 1. The fourth-order valence-corrected chi connectivity index (χ4v) is 4.96. The molecule has 4 rings (SSSR count). The first-order valence-electron chi connectivity index (χ1n) is 11.9. The SMILES string of the molecule is COc1cc(OC)c(-c2cc3ccccc3[nH]2)cc1C=CC(=O)c1ccc(S(=O)(=O)NC(=O)C(C)C)cc1. The number of allylic oxidation sites excluding steroid dienone is 1. The van der Waals surface area contributed by atoms with Gasteiger partial charge in [-0.1, -0.05) is 32.0 Å². The first kappa shape index (κ1) is 26.7. The van der Waals surface area contributed by atoms with E-state index in [-0.39, 0.29) is 10.7 Å². The van der Waals surface area contributed by atoms with Crippen LogP contribution in [0.2, 0.25) is 0 Å². The summed E-state index contributed by atoms with van der Waals surface area (Å²) in [4.78, 5) is 28.0. The minimum Gasteiger partial charge on any atom is -0.496 e. The molecule has 4 aromatic rings. The summed E-state index contributed by atoms with van der Waals surface area (Å²) in [6.45, 7) is 3.19. The van der Waals surface area contributed by atoms with Gasteiger partial charge in [0.15, 0.2) is 5.78 Å². The molecule has 38 heavy (non-hydrogen) atoms. The van der Waals surface area contributed by atoms with E-state index in [0.717, 1.165) is 22.2 Å². The number of carbonyl (C=O) groups is 2. The van der Waals surface area contributed by atoms with E-state index in [1.807, 2.05) is 41.1 Å². The number of aromatic nitrogens is 1. The van der Waals surface area contributed by atoms with Crippen molar-refractivity contribution in [2.45, 2.75) is 18.7 Å². The van der Waals surface area contributed by atoms with Crippen LogP contribution in [0.4, 0.5) is 0 Å². The average molecular weight is 533 g/mol. The summed E-state index contributed by atoms with van der Waals surface area (Å²) in [6.07, 6.45) is 3.03. The van der Waals surface area contributed by atoms with Gasteiger partial charge in [0.05, 0.1) is 24.8 Å². The summed E-state index contributed by atoms with van der Waals surface area (Å²) in [6, 6.07) is 19.0. The number of ether oxygens (including phenoxy) is 2. The molecule has 0 aliphatic heterocycles. The molecule has 1 amide bonds. The first-order chi connectivity index (χ1) is 18.1. The number of fused-ring (bicyclic) bond motifs is 1. The van der Waals surface area contributed by atoms with Crippen molar-refractivity contribution in [2.75, 3.05) is 14.2 Å². The summed E-state index contributed by atoms with van der Waals surface area (Å²) in [5.41, 5.74) is 3.59. The molecule has 1 heterocycles. The third-order valence-electron chi connectivity index (χ3n) is 5.99. The van der Waals surface area contributed by atoms with Crippen molar-refractivity contribution in [2.24, 2.45) is 5.92 Å². The van der Waals surface area contributed by atoms with Crippen molar-refractivity contribution in [1.29, 1.82) is 0 Å². The lowest BCUT2D eigenvalue weighted by atomic mass is 10.0. The number of methoxy groups -OCH3 is 2. The number of carbonyl (C=O) groups excluding carboxylic acids is 2. The van der Waals surface area contributed by atoms with Crippen LogP contribution in [0.25, 0.3) is 28.2 Å². The van der Waals surface area contributed by atoms with Gasteiger partial charge >= 0.3 is 0 Å². The number of rotatable bonds is 9. The predicted molar refractivity (Wildman–Crippen MR) is 147 cm³/mol. The average Bonchev–Trinajstić information content (AvgIpc) is 3.35. The highest BCUT2D eigenvalue weighted by molar-refractivity contribution is 7.90. The van der Waals surface area contributed by atoms with Crippen LogP contribution in [-0.4, -0.2) is 39.3 Å². The van der Waals surface area contributed by atoms with E-state index in [4.69, 9.17) is 9.47 Å². The fourth-order valence-electron chi connectivity index (χ4n) is 3.85. The molecule has 0 bridgehead atoms. The van der Waals surface area contributed by atoms with E-state index in [1.54, 1.807) is 33.1 Å². The zero-order valence-corrected chi connectivity index (χ0v) is 22.3. The molecule has 0 fully saturated rings. The van der Waals surface area contributed by atoms with Gasteiger partial charge in [-0.2, -0.15) is 0 Å². The van der Waals surface area contributed by atoms with Crippen LogP contribution in [0.15, 0.2) is 77.7 Å². The molecule has 3 aromatic carbocycles. The van der Waals surface area contributed by atoms with Crippen LogP contribution in [-0.2, 0) is 14.8 Å². The summed E-state index contributed by atoms with van der Waals surface area (Å²) in [5.74, 6) is -0.285. The Labute approximate surface area is 221 Å². The Kier molecular flexibility index (Phi) is 7.68. The van der Waals surface area contributed by atoms with Crippen molar-refractivity contribution in [3.05, 3.63) is 83.9 Å². The fraction of sp³-hybridized carbons (Fsp3) is 0.172. The quantitative estimate of drug-likeness (QED) is 0.226. The van der Waals surface area contributed by atoms with E-state index in [9.17, 15) is 18.0 Å². The van der Waals surface area contributed by atoms with Gasteiger partial charge in [0.2, 0.25) is 5.91 Å². The second-order valence-corrected chi connectivity index (χ2v) is 10.6. The van der Waals surface area contributed by atoms with E-state index < -0.39 is 21.8 Å². The van der Waals surface area contributed by atoms with Gasteiger partial charge in [0.25, 0.3) is 10.0 Å². The minimum absolute atomic E-state index is 0.105. The maximum absolute atomic E-state index is 12.9. The Hall–Kier alpha value is -4.37. The normalized spacial score (nSPS) is 11.7. The zero-order valence-electron chi connectivity index (χ0n) is 21.4. The topological polar surface area (TPSA) is 115 Å². The number of nitrogens with one attached hydrogen (secondary N) is 2. The third-order valence-corrected chi connectivity index (χ3v) is 7.36. The molecule has 0 aliphatic rings. The number of hydrogen-bond acceptors (Lipinski definition) is 6. The van der Waals surface area contributed by atoms with Crippen LogP contribution in [0.3, 0.4) is 0 Å². The molecule has 0 saturated heterocycles. The van der Waals surface area contributed by atoms with Crippen molar-refractivity contribution in [3.8, 4) is 22.8 Å². The van der Waals surface area contributed by atoms with Crippen molar-refractivity contribution < 1.29 is 27.5 Å². The second kappa shape index (κ2) is 10.9. The molecule has 0 atom stereocenters. The van der Waals surface area contributed by atoms with E-state index >= 15 is 0 Å². The van der Waals surface area contributed by atoms with Crippen molar-refractivity contribution in [3.63, 3.8) is 0 Å². The van der Waals surface area contributed by atoms with E-state index in [1.165, 1.54) is 37.5 Å². The van der Waals surface area contributed by atoms with Gasteiger partial charge in [-0.3, -0.25) is 9.59 Å². The van der Waals surface area contributed by atoms with Crippen LogP contribution in [0.5, 0.6) is 11.5 Å². The van der Waals surface area contributed by atoms with Gasteiger partial charge in [0.1, 0.15) is 11.5 Å². The molecular weight excluding hydrogens is 504 g/mol. The Morgan fingerprint density at radius 1 is 0.921 bits per heavy atom. The molecule has 0 radical (unpaired) electrons. The van der Waals surface area contributed by atoms with Crippen LogP contribution in [0, 0.1) is 5.92 Å². The lowest BCUT2D eigenvalue weighted by molar-refractivity contribution is -0.122. The van der Waals surface area contributed by atoms with Gasteiger partial charge in [-0.05, 0) is 54.6 Å². The highest BCUT2D eigenvalue weighted by Gasteiger charge is 2.20. The van der Waals surface area contributed by atoms with Gasteiger partial charge in [-0.15, -0.1) is 0 Å². The predicted octanol–water partition coefficient (Wildman–Crippen LogP) is 5.21. The Morgan fingerprint density at radius 2 is 1.61 bits per heavy atom. The maximum Gasteiger partial charge on any atom is 0.264 e. The van der Waals surface area contributed by atoms with Crippen molar-refractivity contribution >= 4 is 38.7 Å². The monoisotopic (exact) mass is 532 g/mol. The zero-order chi connectivity index (χ0) is 27.4. The maximum atomic E-state index is 12.9. The summed E-state index contributed by atoms with van der Waals surface area (Å²) in [5, 5.41) is 1.06. The molecule has 0 saturated carbocycles. The van der Waals surface area contributed by atoms with Gasteiger partial charge in [-0.25, -0.2) is 13.1 Å². The van der Waals surface area contributed by atoms with Crippen LogP contribution >= 0.6 is 0 Å². The number of amides is 1.